The van der Waals surface area contributed by atoms with Crippen molar-refractivity contribution in [3.05, 3.63) is 42.0 Å². The molecule has 1 aromatic carbocycles. The van der Waals surface area contributed by atoms with E-state index in [4.69, 9.17) is 14.2 Å². The maximum atomic E-state index is 11.6. The Balaban J connectivity index is 2.29. The van der Waals surface area contributed by atoms with E-state index in [1.807, 2.05) is 37.3 Å². The molecular weight excluding hydrogens is 256 g/mol. The Morgan fingerprint density at radius 1 is 1.15 bits per heavy atom. The summed E-state index contributed by atoms with van der Waals surface area (Å²) in [5.74, 6) is -0.371. The first kappa shape index (κ1) is 16.4. The molecule has 1 aromatic rings. The maximum Gasteiger partial charge on any atom is 0.331 e. The molecule has 4 nitrogen and oxygen atoms in total. The molecule has 0 N–H and O–H groups in total. The molecule has 0 aromatic heterocycles. The second-order valence-corrected chi connectivity index (χ2v) is 4.59. The SMILES string of the molecule is COCC(C)OCC(C)OC(=O)C=Cc1ccccc1. The normalized spacial score (nSPS) is 14.2. The largest absolute Gasteiger partial charge is 0.457 e. The summed E-state index contributed by atoms with van der Waals surface area (Å²) in [6.07, 6.45) is 2.84. The van der Waals surface area contributed by atoms with Gasteiger partial charge in [-0.15, -0.1) is 0 Å². The molecule has 1 rings (SSSR count). The third-order valence-electron chi connectivity index (χ3n) is 2.55. The minimum Gasteiger partial charge on any atom is -0.457 e. The van der Waals surface area contributed by atoms with Crippen molar-refractivity contribution in [1.82, 2.24) is 0 Å². The summed E-state index contributed by atoms with van der Waals surface area (Å²) in [5, 5.41) is 0. The molecule has 110 valence electrons. The molecular formula is C16H22O4. The van der Waals surface area contributed by atoms with Gasteiger partial charge in [0.15, 0.2) is 0 Å². The molecule has 0 bridgehead atoms. The molecule has 0 aliphatic carbocycles. The Labute approximate surface area is 120 Å². The van der Waals surface area contributed by atoms with E-state index in [2.05, 4.69) is 0 Å². The fraction of sp³-hybridized carbons (Fsp3) is 0.438. The quantitative estimate of drug-likeness (QED) is 0.542. The van der Waals surface area contributed by atoms with Gasteiger partial charge in [0.1, 0.15) is 6.10 Å². The predicted molar refractivity (Wildman–Crippen MR) is 78.3 cm³/mol. The van der Waals surface area contributed by atoms with Gasteiger partial charge in [0.25, 0.3) is 0 Å². The van der Waals surface area contributed by atoms with E-state index in [9.17, 15) is 4.79 Å². The summed E-state index contributed by atoms with van der Waals surface area (Å²) in [5.41, 5.74) is 0.960. The first-order chi connectivity index (χ1) is 9.61. The molecule has 0 spiro atoms. The van der Waals surface area contributed by atoms with Gasteiger partial charge in [-0.05, 0) is 25.5 Å². The number of benzene rings is 1. The standard InChI is InChI=1S/C16H22O4/c1-13(11-18-3)19-12-14(2)20-16(17)10-9-15-7-5-4-6-8-15/h4-10,13-14H,11-12H2,1-3H3. The first-order valence-electron chi connectivity index (χ1n) is 6.66. The van der Waals surface area contributed by atoms with Crippen LogP contribution in [0.5, 0.6) is 0 Å². The van der Waals surface area contributed by atoms with Gasteiger partial charge in [0.05, 0.1) is 19.3 Å². The average Bonchev–Trinajstić information content (AvgIpc) is 2.44. The van der Waals surface area contributed by atoms with Gasteiger partial charge in [0, 0.05) is 13.2 Å². The monoisotopic (exact) mass is 278 g/mol. The van der Waals surface area contributed by atoms with Gasteiger partial charge in [-0.2, -0.15) is 0 Å². The van der Waals surface area contributed by atoms with Crippen molar-refractivity contribution >= 4 is 12.0 Å². The van der Waals surface area contributed by atoms with E-state index in [1.54, 1.807) is 20.1 Å². The molecule has 0 fully saturated rings. The Bertz CT molecular complexity index is 414. The lowest BCUT2D eigenvalue weighted by atomic mass is 10.2. The number of esters is 1. The number of carbonyl (C=O) groups excluding carboxylic acids is 1. The lowest BCUT2D eigenvalue weighted by Gasteiger charge is -2.16. The molecule has 0 saturated heterocycles. The summed E-state index contributed by atoms with van der Waals surface area (Å²) in [6.45, 7) is 4.59. The van der Waals surface area contributed by atoms with E-state index in [0.717, 1.165) is 5.56 Å². The molecule has 0 aliphatic rings. The van der Waals surface area contributed by atoms with E-state index in [-0.39, 0.29) is 18.2 Å². The van der Waals surface area contributed by atoms with E-state index in [0.29, 0.717) is 13.2 Å². The topological polar surface area (TPSA) is 44.8 Å². The minimum atomic E-state index is -0.371. The second kappa shape index (κ2) is 9.28. The molecule has 0 saturated carbocycles. The molecule has 0 amide bonds. The van der Waals surface area contributed by atoms with Gasteiger partial charge < -0.3 is 14.2 Å². The summed E-state index contributed by atoms with van der Waals surface area (Å²) in [6, 6.07) is 9.60. The Morgan fingerprint density at radius 2 is 1.85 bits per heavy atom. The van der Waals surface area contributed by atoms with Crippen molar-refractivity contribution in [3.8, 4) is 0 Å². The lowest BCUT2D eigenvalue weighted by Crippen LogP contribution is -2.24. The minimum absolute atomic E-state index is 0.0130. The van der Waals surface area contributed by atoms with Crippen LogP contribution < -0.4 is 0 Å². The maximum absolute atomic E-state index is 11.6. The lowest BCUT2D eigenvalue weighted by molar-refractivity contribution is -0.146. The first-order valence-corrected chi connectivity index (χ1v) is 6.66. The highest BCUT2D eigenvalue weighted by atomic mass is 16.6. The number of carbonyl (C=O) groups is 1. The molecule has 2 atom stereocenters. The van der Waals surface area contributed by atoms with Crippen LogP contribution in [0.2, 0.25) is 0 Å². The van der Waals surface area contributed by atoms with E-state index in [1.165, 1.54) is 6.08 Å². The number of hydrogen-bond donors (Lipinski definition) is 0. The highest BCUT2D eigenvalue weighted by Gasteiger charge is 2.09. The molecule has 0 heterocycles. The van der Waals surface area contributed by atoms with Crippen LogP contribution in [-0.2, 0) is 19.0 Å². The summed E-state index contributed by atoms with van der Waals surface area (Å²) < 4.78 is 15.7. The average molecular weight is 278 g/mol. The van der Waals surface area contributed by atoms with Crippen LogP contribution >= 0.6 is 0 Å². The third kappa shape index (κ3) is 7.07. The summed E-state index contributed by atoms with van der Waals surface area (Å²) >= 11 is 0. The van der Waals surface area contributed by atoms with Crippen molar-refractivity contribution < 1.29 is 19.0 Å². The third-order valence-corrected chi connectivity index (χ3v) is 2.55. The van der Waals surface area contributed by atoms with Crippen LogP contribution in [0.1, 0.15) is 19.4 Å². The van der Waals surface area contributed by atoms with Crippen LogP contribution in [0.25, 0.3) is 6.08 Å². The van der Waals surface area contributed by atoms with Gasteiger partial charge in [-0.1, -0.05) is 30.3 Å². The summed E-state index contributed by atoms with van der Waals surface area (Å²) in [4.78, 5) is 11.6. The Kier molecular flexibility index (Phi) is 7.62. The highest BCUT2D eigenvalue weighted by Crippen LogP contribution is 2.03. The van der Waals surface area contributed by atoms with Gasteiger partial charge >= 0.3 is 5.97 Å². The van der Waals surface area contributed by atoms with Crippen LogP contribution in [-0.4, -0.2) is 38.5 Å². The number of ether oxygens (including phenoxy) is 3. The second-order valence-electron chi connectivity index (χ2n) is 4.59. The van der Waals surface area contributed by atoms with Crippen LogP contribution in [0.15, 0.2) is 36.4 Å². The van der Waals surface area contributed by atoms with Crippen LogP contribution in [0, 0.1) is 0 Å². The fourth-order valence-corrected chi connectivity index (χ4v) is 1.58. The van der Waals surface area contributed by atoms with Gasteiger partial charge in [0.2, 0.25) is 0 Å². The van der Waals surface area contributed by atoms with Crippen molar-refractivity contribution in [3.63, 3.8) is 0 Å². The van der Waals surface area contributed by atoms with Crippen molar-refractivity contribution in [2.24, 2.45) is 0 Å². The zero-order chi connectivity index (χ0) is 14.8. The van der Waals surface area contributed by atoms with Crippen molar-refractivity contribution in [2.75, 3.05) is 20.3 Å². The van der Waals surface area contributed by atoms with Crippen molar-refractivity contribution in [2.45, 2.75) is 26.1 Å². The number of rotatable bonds is 8. The number of hydrogen-bond acceptors (Lipinski definition) is 4. The smallest absolute Gasteiger partial charge is 0.331 e. The highest BCUT2D eigenvalue weighted by molar-refractivity contribution is 5.87. The van der Waals surface area contributed by atoms with E-state index < -0.39 is 0 Å². The summed E-state index contributed by atoms with van der Waals surface area (Å²) in [7, 11) is 1.62. The van der Waals surface area contributed by atoms with Gasteiger partial charge in [-0.3, -0.25) is 0 Å². The fourth-order valence-electron chi connectivity index (χ4n) is 1.58. The van der Waals surface area contributed by atoms with Crippen LogP contribution in [0.4, 0.5) is 0 Å². The van der Waals surface area contributed by atoms with Crippen molar-refractivity contribution in [1.29, 1.82) is 0 Å². The zero-order valence-electron chi connectivity index (χ0n) is 12.2. The van der Waals surface area contributed by atoms with Gasteiger partial charge in [-0.25, -0.2) is 4.79 Å². The molecule has 0 radical (unpaired) electrons. The Morgan fingerprint density at radius 3 is 2.50 bits per heavy atom. The van der Waals surface area contributed by atoms with Crippen LogP contribution in [0.3, 0.4) is 0 Å². The molecule has 4 heteroatoms. The molecule has 2 unspecified atom stereocenters. The molecule has 20 heavy (non-hydrogen) atoms. The molecule has 0 aliphatic heterocycles. The zero-order valence-corrected chi connectivity index (χ0v) is 12.2. The Hall–Kier alpha value is -1.65. The predicted octanol–water partition coefficient (Wildman–Crippen LogP) is 2.68. The van der Waals surface area contributed by atoms with E-state index >= 15 is 0 Å². The number of methoxy groups -OCH3 is 1.